The SMILES string of the molecule is CC(=O)CNOCO. The summed E-state index contributed by atoms with van der Waals surface area (Å²) in [5, 5.41) is 7.98. The molecule has 48 valence electrons. The lowest BCUT2D eigenvalue weighted by Crippen LogP contribution is -2.21. The van der Waals surface area contributed by atoms with Crippen LogP contribution in [-0.4, -0.2) is 24.2 Å². The summed E-state index contributed by atoms with van der Waals surface area (Å²) in [6.45, 7) is 1.15. The minimum Gasteiger partial charge on any atom is -0.369 e. The van der Waals surface area contributed by atoms with E-state index in [0.29, 0.717) is 0 Å². The lowest BCUT2D eigenvalue weighted by atomic mass is 10.5. The van der Waals surface area contributed by atoms with E-state index >= 15 is 0 Å². The first-order valence-corrected chi connectivity index (χ1v) is 2.22. The third-order valence-corrected chi connectivity index (χ3v) is 0.488. The molecule has 0 aromatic rings. The summed E-state index contributed by atoms with van der Waals surface area (Å²) < 4.78 is 0. The number of hydroxylamine groups is 1. The monoisotopic (exact) mass is 119 g/mol. The average Bonchev–Trinajstić information content (AvgIpc) is 1.66. The van der Waals surface area contributed by atoms with Gasteiger partial charge in [-0.05, 0) is 6.92 Å². The van der Waals surface area contributed by atoms with Crippen LogP contribution in [0.2, 0.25) is 0 Å². The van der Waals surface area contributed by atoms with E-state index in [4.69, 9.17) is 5.11 Å². The van der Waals surface area contributed by atoms with Gasteiger partial charge >= 0.3 is 0 Å². The third-order valence-electron chi connectivity index (χ3n) is 0.488. The highest BCUT2D eigenvalue weighted by Crippen LogP contribution is 1.63. The van der Waals surface area contributed by atoms with Crippen LogP contribution in [0.3, 0.4) is 0 Å². The Kier molecular flexibility index (Phi) is 4.44. The summed E-state index contributed by atoms with van der Waals surface area (Å²) in [6.07, 6.45) is 0. The Labute approximate surface area is 47.4 Å². The molecule has 0 aliphatic carbocycles. The fraction of sp³-hybridized carbons (Fsp3) is 0.750. The van der Waals surface area contributed by atoms with Crippen molar-refractivity contribution in [2.75, 3.05) is 13.3 Å². The molecule has 8 heavy (non-hydrogen) atoms. The molecule has 0 saturated heterocycles. The molecule has 0 rings (SSSR count). The highest BCUT2D eigenvalue weighted by Gasteiger charge is 1.88. The topological polar surface area (TPSA) is 58.6 Å². The fourth-order valence-corrected chi connectivity index (χ4v) is 0.198. The van der Waals surface area contributed by atoms with Gasteiger partial charge in [-0.25, -0.2) is 0 Å². The zero-order valence-electron chi connectivity index (χ0n) is 4.68. The summed E-state index contributed by atoms with van der Waals surface area (Å²) >= 11 is 0. The zero-order chi connectivity index (χ0) is 6.41. The largest absolute Gasteiger partial charge is 0.369 e. The van der Waals surface area contributed by atoms with Crippen molar-refractivity contribution in [3.05, 3.63) is 0 Å². The van der Waals surface area contributed by atoms with Crippen molar-refractivity contribution in [2.45, 2.75) is 6.92 Å². The van der Waals surface area contributed by atoms with E-state index in [1.165, 1.54) is 6.92 Å². The second-order valence-electron chi connectivity index (χ2n) is 1.30. The Balaban J connectivity index is 2.82. The van der Waals surface area contributed by atoms with Gasteiger partial charge in [-0.3, -0.25) is 9.63 Å². The summed E-state index contributed by atoms with van der Waals surface area (Å²) in [5.74, 6) is -0.0292. The van der Waals surface area contributed by atoms with Crippen LogP contribution in [0.15, 0.2) is 0 Å². The minimum absolute atomic E-state index is 0.0292. The maximum Gasteiger partial charge on any atom is 0.163 e. The quantitative estimate of drug-likeness (QED) is 0.284. The van der Waals surface area contributed by atoms with Crippen LogP contribution in [0.1, 0.15) is 6.92 Å². The second kappa shape index (κ2) is 4.70. The molecule has 0 spiro atoms. The molecule has 4 heteroatoms. The van der Waals surface area contributed by atoms with Crippen molar-refractivity contribution in [1.82, 2.24) is 5.48 Å². The number of aliphatic hydroxyl groups is 1. The van der Waals surface area contributed by atoms with Gasteiger partial charge < -0.3 is 5.11 Å². The van der Waals surface area contributed by atoms with E-state index in [0.717, 1.165) is 0 Å². The number of nitrogens with one attached hydrogen (secondary N) is 1. The number of rotatable bonds is 4. The number of Topliss-reactive ketones (excluding diaryl/α,β-unsaturated/α-hetero) is 1. The Hall–Kier alpha value is -0.450. The summed E-state index contributed by atoms with van der Waals surface area (Å²) in [6, 6.07) is 0. The van der Waals surface area contributed by atoms with Crippen molar-refractivity contribution >= 4 is 5.78 Å². The number of ketones is 1. The molecular formula is C4H9NO3. The van der Waals surface area contributed by atoms with Gasteiger partial charge in [-0.1, -0.05) is 0 Å². The molecule has 0 saturated carbocycles. The standard InChI is InChI=1S/C4H9NO3/c1-4(7)2-5-8-3-6/h5-6H,2-3H2,1H3. The Morgan fingerprint density at radius 3 is 2.88 bits per heavy atom. The molecule has 0 bridgehead atoms. The van der Waals surface area contributed by atoms with Gasteiger partial charge in [-0.15, -0.1) is 0 Å². The predicted molar refractivity (Wildman–Crippen MR) is 26.9 cm³/mol. The van der Waals surface area contributed by atoms with Crippen molar-refractivity contribution in [1.29, 1.82) is 0 Å². The molecule has 4 nitrogen and oxygen atoms in total. The molecule has 0 radical (unpaired) electrons. The normalized spacial score (nSPS) is 9.25. The first kappa shape index (κ1) is 7.55. The van der Waals surface area contributed by atoms with Crippen LogP contribution >= 0.6 is 0 Å². The molecule has 0 aliphatic heterocycles. The molecular weight excluding hydrogens is 110 g/mol. The number of carbonyl (C=O) groups is 1. The van der Waals surface area contributed by atoms with Crippen LogP contribution in [0.5, 0.6) is 0 Å². The van der Waals surface area contributed by atoms with Crippen molar-refractivity contribution in [2.24, 2.45) is 0 Å². The van der Waals surface area contributed by atoms with Crippen LogP contribution in [0, 0.1) is 0 Å². The Morgan fingerprint density at radius 2 is 2.50 bits per heavy atom. The molecule has 0 unspecified atom stereocenters. The van der Waals surface area contributed by atoms with E-state index < -0.39 is 6.79 Å². The number of hydrogen-bond donors (Lipinski definition) is 2. The Bertz CT molecular complexity index is 73.7. The van der Waals surface area contributed by atoms with Gasteiger partial charge in [0.1, 0.15) is 5.78 Å². The lowest BCUT2D eigenvalue weighted by Gasteiger charge is -1.96. The van der Waals surface area contributed by atoms with Gasteiger partial charge in [0.15, 0.2) is 6.79 Å². The highest BCUT2D eigenvalue weighted by molar-refractivity contribution is 5.77. The smallest absolute Gasteiger partial charge is 0.163 e. The van der Waals surface area contributed by atoms with E-state index in [-0.39, 0.29) is 12.3 Å². The van der Waals surface area contributed by atoms with Gasteiger partial charge in [0.05, 0.1) is 6.54 Å². The second-order valence-corrected chi connectivity index (χ2v) is 1.30. The molecule has 2 N–H and O–H groups in total. The molecule has 0 aromatic carbocycles. The first-order valence-electron chi connectivity index (χ1n) is 2.22. The van der Waals surface area contributed by atoms with Crippen molar-refractivity contribution in [3.63, 3.8) is 0 Å². The molecule has 0 aromatic heterocycles. The highest BCUT2D eigenvalue weighted by atomic mass is 16.7. The molecule has 0 fully saturated rings. The van der Waals surface area contributed by atoms with Crippen LogP contribution in [0.25, 0.3) is 0 Å². The summed E-state index contributed by atoms with van der Waals surface area (Å²) in [5.41, 5.74) is 2.23. The van der Waals surface area contributed by atoms with Crippen LogP contribution < -0.4 is 5.48 Å². The van der Waals surface area contributed by atoms with Gasteiger partial charge in [0, 0.05) is 0 Å². The Morgan fingerprint density at radius 1 is 1.88 bits per heavy atom. The number of aliphatic hydroxyl groups excluding tert-OH is 1. The molecule has 0 amide bonds. The number of carbonyl (C=O) groups excluding carboxylic acids is 1. The molecule has 0 aliphatic rings. The maximum atomic E-state index is 10.1. The number of hydrogen-bond acceptors (Lipinski definition) is 4. The van der Waals surface area contributed by atoms with Crippen LogP contribution in [0.4, 0.5) is 0 Å². The van der Waals surface area contributed by atoms with Crippen molar-refractivity contribution in [3.8, 4) is 0 Å². The lowest BCUT2D eigenvalue weighted by molar-refractivity contribution is -0.121. The summed E-state index contributed by atoms with van der Waals surface area (Å²) in [7, 11) is 0. The zero-order valence-corrected chi connectivity index (χ0v) is 4.68. The molecule has 0 heterocycles. The molecule has 0 atom stereocenters. The van der Waals surface area contributed by atoms with E-state index in [1.807, 2.05) is 0 Å². The van der Waals surface area contributed by atoms with E-state index in [2.05, 4.69) is 10.3 Å². The summed E-state index contributed by atoms with van der Waals surface area (Å²) in [4.78, 5) is 14.3. The van der Waals surface area contributed by atoms with Gasteiger partial charge in [0.2, 0.25) is 0 Å². The third kappa shape index (κ3) is 5.55. The maximum absolute atomic E-state index is 10.1. The first-order chi connectivity index (χ1) is 3.77. The van der Waals surface area contributed by atoms with Gasteiger partial charge in [-0.2, -0.15) is 5.48 Å². The van der Waals surface area contributed by atoms with Crippen molar-refractivity contribution < 1.29 is 14.7 Å². The van der Waals surface area contributed by atoms with Crippen LogP contribution in [-0.2, 0) is 9.63 Å². The predicted octanol–water partition coefficient (Wildman–Crippen LogP) is -0.954. The average molecular weight is 119 g/mol. The van der Waals surface area contributed by atoms with Gasteiger partial charge in [0.25, 0.3) is 0 Å². The van der Waals surface area contributed by atoms with E-state index in [1.54, 1.807) is 0 Å². The fourth-order valence-electron chi connectivity index (χ4n) is 0.198. The minimum atomic E-state index is -0.409. The van der Waals surface area contributed by atoms with E-state index in [9.17, 15) is 4.79 Å².